The number of fused-ring (bicyclic) bond motifs is 5. The summed E-state index contributed by atoms with van der Waals surface area (Å²) in [4.78, 5) is 49.6. The van der Waals surface area contributed by atoms with E-state index < -0.39 is 27.5 Å². The summed E-state index contributed by atoms with van der Waals surface area (Å²) in [6.07, 6.45) is 11.9. The van der Waals surface area contributed by atoms with Crippen molar-refractivity contribution in [2.45, 2.75) is 181 Å². The fourth-order valence-corrected chi connectivity index (χ4v) is 12.8. The highest BCUT2D eigenvalue weighted by molar-refractivity contribution is 6.18. The fraction of sp³-hybridized carbons (Fsp3) is 0.466. The van der Waals surface area contributed by atoms with Crippen molar-refractivity contribution in [2.24, 2.45) is 0 Å². The molecule has 566 valence electrons. The van der Waals surface area contributed by atoms with Crippen LogP contribution in [0.25, 0.3) is 11.0 Å². The Balaban J connectivity index is 0.000000252. The van der Waals surface area contributed by atoms with Gasteiger partial charge in [0.2, 0.25) is 12.8 Å². The number of rotatable bonds is 9. The summed E-state index contributed by atoms with van der Waals surface area (Å²) in [5.41, 5.74) is 16.3. The Morgan fingerprint density at radius 1 is 0.563 bits per heavy atom. The van der Waals surface area contributed by atoms with Crippen molar-refractivity contribution >= 4 is 105 Å². The molecule has 6 unspecified atom stereocenters. The smallest absolute Gasteiger partial charge is 0.296 e. The SMILES string of the molecule is CC1CCc2cc(F)cc(N)c2N1.CC1CCc2cc(F)cc([N+](=O)[O-])c2N1.CC1CCc2cc(F)cc([N+](=O)[O-])c2N1C=O.CC1CCc2cc(F)cc3nc(CCl)n1c23.CC1CCc2cc(F)ccc2N1.CC1CCc2cc(F)ccc2N1C=O.CCO.CCO.COC(CCl)(OC)OC.Cl. The molecule has 1 aromatic heterocycles. The van der Waals surface area contributed by atoms with Gasteiger partial charge >= 0.3 is 0 Å². The van der Waals surface area contributed by atoms with E-state index >= 15 is 0 Å². The van der Waals surface area contributed by atoms with Crippen LogP contribution in [0.5, 0.6) is 0 Å². The van der Waals surface area contributed by atoms with E-state index in [4.69, 9.17) is 53.4 Å². The maximum atomic E-state index is 13.4. The molecular formula is C73H95Cl3F6N10O11. The Morgan fingerprint density at radius 2 is 0.981 bits per heavy atom. The van der Waals surface area contributed by atoms with Gasteiger partial charge < -0.3 is 60.5 Å². The standard InChI is InChI=1S/C12H12ClFN2.C11H11FN2O3.C11H12FNO.C10H11FN2O2.C10H13FN2.C10H12FN.C5H11ClO3.2C2H6O.ClH/c1-7-2-3-8-4-9(14)5-10-12(8)16(7)11(6-13)15-10;1-7-2-3-8-4-9(12)5-10(14(16)17)11(8)13(7)6-15;1-8-2-3-9-6-10(12)4-5-11(9)13(8)7-14;1-6-2-3-7-4-8(11)5-9(13(14)15)10(7)12-6;1-6-2-3-7-4-8(11)5-9(12)10(7)13-6;1-7-2-3-8-6-9(11)4-5-10(8)12-7;1-7-5(4-6,8-2)9-3;2*1-2-3;/h4-5,7H,2-3,6H2,1H3;4-7H,2-3H2,1H3;4-8H,2-3H2,1H3;4-6,12H,2-3H2,1H3;4-6,13H,2-3,12H2,1H3;4-7,12H,2-3H2,1H3;4H2,1-3H3;2*3H,2H2,1H3;1H. The maximum absolute atomic E-state index is 13.4. The predicted molar refractivity (Wildman–Crippen MR) is 396 cm³/mol. The van der Waals surface area contributed by atoms with Crippen LogP contribution in [-0.2, 0) is 68.2 Å². The number of ether oxygens (including phenoxy) is 3. The molecule has 30 heteroatoms. The summed E-state index contributed by atoms with van der Waals surface area (Å²) >= 11 is 11.3. The number of benzene rings is 6. The molecule has 13 rings (SSSR count). The van der Waals surface area contributed by atoms with Gasteiger partial charge in [-0.15, -0.1) is 35.6 Å². The first kappa shape index (κ1) is 87.4. The third-order valence-corrected chi connectivity index (χ3v) is 18.1. The second-order valence-corrected chi connectivity index (χ2v) is 25.5. The molecule has 0 radical (unpaired) electrons. The number of anilines is 6. The molecule has 0 saturated carbocycles. The van der Waals surface area contributed by atoms with Crippen molar-refractivity contribution in [3.63, 3.8) is 0 Å². The number of halogens is 9. The molecule has 6 aliphatic heterocycles. The number of alkyl halides is 2. The number of hydrogen-bond acceptors (Lipinski definition) is 16. The Bertz CT molecular complexity index is 3920. The molecule has 7 heterocycles. The molecule has 6 aliphatic rings. The minimum absolute atomic E-state index is 0. The quantitative estimate of drug-likeness (QED) is 0.0149. The van der Waals surface area contributed by atoms with E-state index in [0.717, 1.165) is 133 Å². The van der Waals surface area contributed by atoms with Gasteiger partial charge in [-0.1, -0.05) is 0 Å². The Labute approximate surface area is 613 Å². The number of carbonyl (C=O) groups is 2. The molecule has 2 amide bonds. The third-order valence-electron chi connectivity index (χ3n) is 17.5. The number of nitro groups is 2. The van der Waals surface area contributed by atoms with Crippen molar-refractivity contribution in [3.05, 3.63) is 179 Å². The third kappa shape index (κ3) is 24.0. The second kappa shape index (κ2) is 42.1. The van der Waals surface area contributed by atoms with Crippen LogP contribution >= 0.6 is 35.6 Å². The van der Waals surface area contributed by atoms with Gasteiger partial charge in [0.15, 0.2) is 0 Å². The number of nitrogens with one attached hydrogen (secondary N) is 3. The first-order valence-electron chi connectivity index (χ1n) is 33.6. The van der Waals surface area contributed by atoms with Crippen LogP contribution in [-0.4, -0.2) is 119 Å². The minimum Gasteiger partial charge on any atom is -0.397 e. The largest absolute Gasteiger partial charge is 0.397 e. The molecular weight excluding hydrogens is 1410 g/mol. The number of nitro benzene ring substituents is 2. The minimum atomic E-state index is -1.07. The lowest BCUT2D eigenvalue weighted by Crippen LogP contribution is -2.37. The van der Waals surface area contributed by atoms with Crippen LogP contribution < -0.4 is 31.5 Å². The van der Waals surface area contributed by atoms with Crippen molar-refractivity contribution in [1.82, 2.24) is 9.55 Å². The summed E-state index contributed by atoms with van der Waals surface area (Å²) in [5.74, 6) is -1.70. The normalized spacial score (nSPS) is 18.1. The zero-order valence-electron chi connectivity index (χ0n) is 59.8. The molecule has 0 bridgehead atoms. The summed E-state index contributed by atoms with van der Waals surface area (Å²) in [5, 5.41) is 46.4. The number of methoxy groups -OCH3 is 3. The number of aliphatic hydroxyl groups excluding tert-OH is 2. The number of nitrogens with zero attached hydrogens (tertiary/aromatic N) is 6. The Morgan fingerprint density at radius 3 is 1.50 bits per heavy atom. The Kier molecular flexibility index (Phi) is 35.7. The molecule has 0 aliphatic carbocycles. The average molecular weight is 1510 g/mol. The molecule has 103 heavy (non-hydrogen) atoms. The van der Waals surface area contributed by atoms with Gasteiger partial charge in [-0.2, -0.15) is 0 Å². The molecule has 21 nitrogen and oxygen atoms in total. The summed E-state index contributed by atoms with van der Waals surface area (Å²) in [6.45, 7) is 16.0. The zero-order valence-corrected chi connectivity index (χ0v) is 62.1. The van der Waals surface area contributed by atoms with Crippen molar-refractivity contribution in [1.29, 1.82) is 0 Å². The number of amides is 2. The predicted octanol–water partition coefficient (Wildman–Crippen LogP) is 16.0. The van der Waals surface area contributed by atoms with Gasteiger partial charge in [0.1, 0.15) is 58.0 Å². The molecule has 6 aromatic carbocycles. The van der Waals surface area contributed by atoms with E-state index in [1.807, 2.05) is 26.8 Å². The number of aliphatic hydroxyl groups is 2. The monoisotopic (exact) mass is 1510 g/mol. The van der Waals surface area contributed by atoms with Crippen LogP contribution in [0.15, 0.2) is 84.9 Å². The van der Waals surface area contributed by atoms with Crippen molar-refractivity contribution in [2.75, 3.05) is 71.9 Å². The lowest BCUT2D eigenvalue weighted by Gasteiger charge is -2.32. The molecule has 0 fully saturated rings. The molecule has 0 saturated heterocycles. The number of imidazole rings is 1. The average Bonchev–Trinajstić information content (AvgIpc) is 1.64. The first-order chi connectivity index (χ1) is 48.5. The number of nitrogens with two attached hydrogens (primary N) is 1. The number of carbonyl (C=O) groups excluding carboxylic acids is 2. The Hall–Kier alpha value is -8.02. The highest BCUT2D eigenvalue weighted by Gasteiger charge is 2.32. The highest BCUT2D eigenvalue weighted by atomic mass is 35.5. The lowest BCUT2D eigenvalue weighted by molar-refractivity contribution is -0.384. The van der Waals surface area contributed by atoms with Crippen LogP contribution in [0, 0.1) is 55.1 Å². The molecule has 6 atom stereocenters. The van der Waals surface area contributed by atoms with Crippen LogP contribution in [0.2, 0.25) is 0 Å². The summed E-state index contributed by atoms with van der Waals surface area (Å²) < 4.78 is 94.9. The maximum Gasteiger partial charge on any atom is 0.296 e. The summed E-state index contributed by atoms with van der Waals surface area (Å²) in [6, 6.07) is 21.6. The van der Waals surface area contributed by atoms with E-state index in [9.17, 15) is 56.2 Å². The van der Waals surface area contributed by atoms with Crippen LogP contribution in [0.4, 0.5) is 71.8 Å². The summed E-state index contributed by atoms with van der Waals surface area (Å²) in [7, 11) is 4.40. The van der Waals surface area contributed by atoms with E-state index in [-0.39, 0.29) is 90.0 Å². The van der Waals surface area contributed by atoms with Gasteiger partial charge in [-0.05, 0) is 233 Å². The second-order valence-electron chi connectivity index (χ2n) is 25.0. The zero-order chi connectivity index (χ0) is 75.7. The van der Waals surface area contributed by atoms with Gasteiger partial charge in [-0.3, -0.25) is 29.8 Å². The van der Waals surface area contributed by atoms with Crippen molar-refractivity contribution in [3.8, 4) is 0 Å². The van der Waals surface area contributed by atoms with E-state index in [1.165, 1.54) is 68.7 Å². The highest BCUT2D eigenvalue weighted by Crippen LogP contribution is 2.40. The molecule has 7 aromatic rings. The lowest BCUT2D eigenvalue weighted by atomic mass is 9.96. The van der Waals surface area contributed by atoms with Gasteiger partial charge in [0.25, 0.3) is 17.3 Å². The topological polar surface area (TPSA) is 275 Å². The van der Waals surface area contributed by atoms with Crippen LogP contribution in [0.3, 0.4) is 0 Å². The molecule has 7 N–H and O–H groups in total. The van der Waals surface area contributed by atoms with E-state index in [0.29, 0.717) is 72.2 Å². The number of aromatic nitrogens is 2. The van der Waals surface area contributed by atoms with Gasteiger partial charge in [0.05, 0.1) is 50.3 Å². The van der Waals surface area contributed by atoms with E-state index in [1.54, 1.807) is 43.0 Å². The number of nitrogen functional groups attached to an aromatic ring is 1. The number of hydrogen-bond donors (Lipinski definition) is 6. The molecule has 0 spiro atoms. The van der Waals surface area contributed by atoms with Gasteiger partial charge in [0, 0.05) is 88.2 Å². The van der Waals surface area contributed by atoms with Gasteiger partial charge in [-0.25, -0.2) is 31.3 Å². The van der Waals surface area contributed by atoms with Crippen molar-refractivity contribution < 1.29 is 70.2 Å². The van der Waals surface area contributed by atoms with E-state index in [2.05, 4.69) is 46.3 Å². The first-order valence-corrected chi connectivity index (χ1v) is 34.6. The van der Waals surface area contributed by atoms with Crippen LogP contribution in [0.1, 0.15) is 139 Å². The fourth-order valence-electron chi connectivity index (χ4n) is 12.3. The number of aryl methyl sites for hydroxylation is 6.